The number of carbonyl (C=O) groups is 3. The Balaban J connectivity index is 1.75. The summed E-state index contributed by atoms with van der Waals surface area (Å²) in [6.45, 7) is 7.36. The lowest BCUT2D eigenvalue weighted by atomic mass is 9.90. The Labute approximate surface area is 242 Å². The van der Waals surface area contributed by atoms with Crippen LogP contribution >= 0.6 is 0 Å². The highest BCUT2D eigenvalue weighted by atomic mass is 16.6. The first-order valence-corrected chi connectivity index (χ1v) is 14.0. The zero-order valence-corrected chi connectivity index (χ0v) is 24.2. The third-order valence-electron chi connectivity index (χ3n) is 6.59. The molecule has 3 aromatic rings. The summed E-state index contributed by atoms with van der Waals surface area (Å²) in [5.41, 5.74) is 2.69. The van der Waals surface area contributed by atoms with Gasteiger partial charge in [-0.05, 0) is 37.0 Å². The topological polar surface area (TPSA) is 88.1 Å². The first kappa shape index (κ1) is 31.6. The fourth-order valence-electron chi connectivity index (χ4n) is 4.17. The average Bonchev–Trinajstić information content (AvgIpc) is 2.98. The van der Waals surface area contributed by atoms with E-state index < -0.39 is 47.9 Å². The van der Waals surface area contributed by atoms with E-state index in [1.165, 1.54) is 0 Å². The molecule has 0 aliphatic carbocycles. The van der Waals surface area contributed by atoms with Gasteiger partial charge in [0.2, 0.25) is 0 Å². The van der Waals surface area contributed by atoms with Crippen LogP contribution in [0, 0.1) is 17.8 Å². The highest BCUT2D eigenvalue weighted by molar-refractivity contribution is 5.76. The molecule has 0 spiro atoms. The molecule has 0 N–H and O–H groups in total. The molecule has 4 atom stereocenters. The fraction of sp³-hybridized carbons (Fsp3) is 0.382. The van der Waals surface area contributed by atoms with Crippen LogP contribution in [0.2, 0.25) is 0 Å². The van der Waals surface area contributed by atoms with Crippen molar-refractivity contribution in [3.8, 4) is 0 Å². The molecule has 0 heterocycles. The van der Waals surface area contributed by atoms with Crippen LogP contribution in [-0.4, -0.2) is 36.7 Å². The maximum absolute atomic E-state index is 13.5. The molecule has 3 rings (SSSR count). The third-order valence-corrected chi connectivity index (χ3v) is 6.59. The molecule has 0 amide bonds. The van der Waals surface area contributed by atoms with E-state index in [-0.39, 0.29) is 19.6 Å². The van der Waals surface area contributed by atoms with Gasteiger partial charge < -0.3 is 18.9 Å². The largest absolute Gasteiger partial charge is 0.460 e. The number of benzene rings is 3. The summed E-state index contributed by atoms with van der Waals surface area (Å²) >= 11 is 0. The van der Waals surface area contributed by atoms with E-state index in [9.17, 15) is 14.4 Å². The summed E-state index contributed by atoms with van der Waals surface area (Å²) in [7, 11) is 0. The summed E-state index contributed by atoms with van der Waals surface area (Å²) in [6.07, 6.45) is -1.74. The van der Waals surface area contributed by atoms with Crippen LogP contribution in [0.25, 0.3) is 0 Å². The molecule has 0 aliphatic heterocycles. The van der Waals surface area contributed by atoms with E-state index >= 15 is 0 Å². The fourth-order valence-corrected chi connectivity index (χ4v) is 4.17. The molecule has 0 aliphatic rings. The maximum atomic E-state index is 13.5. The molecule has 0 saturated heterocycles. The van der Waals surface area contributed by atoms with Gasteiger partial charge in [-0.25, -0.2) is 0 Å². The van der Waals surface area contributed by atoms with Crippen molar-refractivity contribution in [2.45, 2.75) is 59.5 Å². The van der Waals surface area contributed by atoms with Gasteiger partial charge in [0.15, 0.2) is 6.10 Å². The van der Waals surface area contributed by atoms with Crippen molar-refractivity contribution >= 4 is 17.9 Å². The van der Waals surface area contributed by atoms with E-state index in [0.29, 0.717) is 6.61 Å². The number of rotatable bonds is 15. The van der Waals surface area contributed by atoms with Crippen LogP contribution in [-0.2, 0) is 53.0 Å². The zero-order valence-electron chi connectivity index (χ0n) is 24.2. The Kier molecular flexibility index (Phi) is 12.6. The highest BCUT2D eigenvalue weighted by Gasteiger charge is 2.39. The van der Waals surface area contributed by atoms with Crippen LogP contribution in [0.5, 0.6) is 0 Å². The molecule has 3 aromatic carbocycles. The number of hydrogen-bond acceptors (Lipinski definition) is 7. The van der Waals surface area contributed by atoms with Crippen LogP contribution in [0.15, 0.2) is 91.0 Å². The summed E-state index contributed by atoms with van der Waals surface area (Å²) < 4.78 is 23.0. The predicted octanol–water partition coefficient (Wildman–Crippen LogP) is 5.94. The Morgan fingerprint density at radius 3 is 1.66 bits per heavy atom. The molecule has 218 valence electrons. The predicted molar refractivity (Wildman–Crippen MR) is 155 cm³/mol. The standard InChI is InChI=1S/C34H40O7/c1-24(2)32(35)41-31(26(4)40-33(36)25(3)21-38-22-28-16-10-6-11-17-28)30(20-27-14-8-5-9-15-27)34(37)39-23-29-18-12-7-13-19-29/h5-19,24-26,30-31H,20-23H2,1-4H3/t25-,26-,30+,31?/m0/s1. The Morgan fingerprint density at radius 1 is 0.610 bits per heavy atom. The van der Waals surface area contributed by atoms with E-state index in [1.807, 2.05) is 91.0 Å². The van der Waals surface area contributed by atoms with Crippen molar-refractivity contribution in [2.75, 3.05) is 6.61 Å². The van der Waals surface area contributed by atoms with Gasteiger partial charge in [0.25, 0.3) is 0 Å². The molecule has 0 bridgehead atoms. The van der Waals surface area contributed by atoms with Crippen molar-refractivity contribution in [1.82, 2.24) is 0 Å². The number of carbonyl (C=O) groups excluding carboxylic acids is 3. The Morgan fingerprint density at radius 2 is 1.12 bits per heavy atom. The lowest BCUT2D eigenvalue weighted by Gasteiger charge is -2.31. The zero-order chi connectivity index (χ0) is 29.6. The smallest absolute Gasteiger partial charge is 0.313 e. The van der Waals surface area contributed by atoms with Crippen molar-refractivity contribution < 1.29 is 33.3 Å². The van der Waals surface area contributed by atoms with Crippen LogP contribution in [0.3, 0.4) is 0 Å². The van der Waals surface area contributed by atoms with Gasteiger partial charge in [0.1, 0.15) is 18.6 Å². The van der Waals surface area contributed by atoms with Gasteiger partial charge in [0, 0.05) is 0 Å². The van der Waals surface area contributed by atoms with Crippen molar-refractivity contribution in [1.29, 1.82) is 0 Å². The minimum atomic E-state index is -1.06. The van der Waals surface area contributed by atoms with E-state index in [0.717, 1.165) is 16.7 Å². The molecule has 1 unspecified atom stereocenters. The first-order valence-electron chi connectivity index (χ1n) is 14.0. The highest BCUT2D eigenvalue weighted by Crippen LogP contribution is 2.24. The van der Waals surface area contributed by atoms with Gasteiger partial charge in [-0.1, -0.05) is 105 Å². The lowest BCUT2D eigenvalue weighted by Crippen LogP contribution is -2.45. The van der Waals surface area contributed by atoms with Crippen LogP contribution in [0.4, 0.5) is 0 Å². The molecule has 7 heteroatoms. The number of hydrogen-bond donors (Lipinski definition) is 0. The molecule has 41 heavy (non-hydrogen) atoms. The number of esters is 3. The second-order valence-electron chi connectivity index (χ2n) is 10.5. The van der Waals surface area contributed by atoms with Crippen LogP contribution in [0.1, 0.15) is 44.4 Å². The molecular weight excluding hydrogens is 520 g/mol. The van der Waals surface area contributed by atoms with Gasteiger partial charge in [-0.15, -0.1) is 0 Å². The van der Waals surface area contributed by atoms with Crippen molar-refractivity contribution in [2.24, 2.45) is 17.8 Å². The Bertz CT molecular complexity index is 1210. The van der Waals surface area contributed by atoms with E-state index in [2.05, 4.69) is 0 Å². The molecular formula is C34H40O7. The van der Waals surface area contributed by atoms with Gasteiger partial charge >= 0.3 is 17.9 Å². The normalized spacial score (nSPS) is 14.0. The van der Waals surface area contributed by atoms with Crippen molar-refractivity contribution in [3.63, 3.8) is 0 Å². The second kappa shape index (κ2) is 16.3. The van der Waals surface area contributed by atoms with E-state index in [4.69, 9.17) is 18.9 Å². The maximum Gasteiger partial charge on any atom is 0.313 e. The molecule has 0 saturated carbocycles. The molecule has 0 fully saturated rings. The molecule has 7 nitrogen and oxygen atoms in total. The average molecular weight is 561 g/mol. The third kappa shape index (κ3) is 10.5. The molecule has 0 radical (unpaired) electrons. The summed E-state index contributed by atoms with van der Waals surface area (Å²) in [5, 5.41) is 0. The first-order chi connectivity index (χ1) is 19.7. The lowest BCUT2D eigenvalue weighted by molar-refractivity contribution is -0.182. The summed E-state index contributed by atoms with van der Waals surface area (Å²) in [5.74, 6) is -3.46. The van der Waals surface area contributed by atoms with Crippen molar-refractivity contribution in [3.05, 3.63) is 108 Å². The minimum absolute atomic E-state index is 0.0692. The monoisotopic (exact) mass is 560 g/mol. The minimum Gasteiger partial charge on any atom is -0.460 e. The quantitative estimate of drug-likeness (QED) is 0.168. The van der Waals surface area contributed by atoms with Crippen LogP contribution < -0.4 is 0 Å². The summed E-state index contributed by atoms with van der Waals surface area (Å²) in [4.78, 5) is 39.3. The van der Waals surface area contributed by atoms with E-state index in [1.54, 1.807) is 27.7 Å². The van der Waals surface area contributed by atoms with Gasteiger partial charge in [-0.3, -0.25) is 14.4 Å². The SMILES string of the molecule is CC(C)C(=O)OC([C@H](C)OC(=O)[C@@H](C)COCc1ccccc1)[C@@H](Cc1ccccc1)C(=O)OCc1ccccc1. The second-order valence-corrected chi connectivity index (χ2v) is 10.5. The number of ether oxygens (including phenoxy) is 4. The van der Waals surface area contributed by atoms with Gasteiger partial charge in [0.05, 0.1) is 25.0 Å². The molecule has 0 aromatic heterocycles. The summed E-state index contributed by atoms with van der Waals surface area (Å²) in [6, 6.07) is 28.4. The van der Waals surface area contributed by atoms with Gasteiger partial charge in [-0.2, -0.15) is 0 Å². The Hall–Kier alpha value is -3.97.